The number of nitrogen functional groups attached to an aromatic ring is 1. The maximum atomic E-state index is 12.7. The largest absolute Gasteiger partial charge is 0.434 e. The Balaban J connectivity index is 2.28. The third kappa shape index (κ3) is 2.81. The topological polar surface area (TPSA) is 84.0 Å². The second-order valence-electron chi connectivity index (χ2n) is 5.09. The van der Waals surface area contributed by atoms with Gasteiger partial charge in [0, 0.05) is 36.3 Å². The molecule has 1 aliphatic heterocycles. The Labute approximate surface area is 131 Å². The van der Waals surface area contributed by atoms with E-state index in [1.54, 1.807) is 18.2 Å². The number of hydrogen-bond donors (Lipinski definition) is 2. The molecule has 0 unspecified atom stereocenters. The van der Waals surface area contributed by atoms with Crippen LogP contribution in [0.2, 0.25) is 0 Å². The number of halogens is 2. The van der Waals surface area contributed by atoms with Crippen LogP contribution >= 0.6 is 0 Å². The van der Waals surface area contributed by atoms with Gasteiger partial charge in [0.15, 0.2) is 0 Å². The number of nitrogens with one attached hydrogen (secondary N) is 1. The molecule has 0 saturated heterocycles. The van der Waals surface area contributed by atoms with E-state index in [0.29, 0.717) is 24.1 Å². The monoisotopic (exact) mass is 316 g/mol. The van der Waals surface area contributed by atoms with Gasteiger partial charge in [0.1, 0.15) is 23.2 Å². The molecule has 0 saturated carbocycles. The predicted octanol–water partition coefficient (Wildman–Crippen LogP) is 2.45. The van der Waals surface area contributed by atoms with Gasteiger partial charge in [-0.05, 0) is 11.6 Å². The van der Waals surface area contributed by atoms with Gasteiger partial charge in [-0.15, -0.1) is 0 Å². The van der Waals surface area contributed by atoms with E-state index in [4.69, 9.17) is 5.73 Å². The number of aromatic nitrogens is 1. The number of nitriles is 1. The van der Waals surface area contributed by atoms with Gasteiger partial charge in [0.05, 0.1) is 0 Å². The average molecular weight is 316 g/mol. The highest BCUT2D eigenvalue weighted by Gasteiger charge is 2.24. The van der Waals surface area contributed by atoms with E-state index in [1.807, 2.05) is 6.07 Å². The zero-order chi connectivity index (χ0) is 16.4. The average Bonchev–Trinajstić information content (AvgIpc) is 2.53. The molecule has 1 aromatic carbocycles. The number of fused-ring (bicyclic) bond motifs is 1. The molecular weight excluding hydrogens is 302 g/mol. The molecule has 2 aromatic rings. The van der Waals surface area contributed by atoms with Crippen LogP contribution in [0.4, 0.5) is 14.6 Å². The highest BCUT2D eigenvalue weighted by molar-refractivity contribution is 5.82. The van der Waals surface area contributed by atoms with Crippen LogP contribution in [-0.2, 0) is 13.0 Å². The first-order chi connectivity index (χ1) is 11.1. The second-order valence-corrected chi connectivity index (χ2v) is 5.09. The van der Waals surface area contributed by atoms with E-state index in [9.17, 15) is 14.0 Å². The van der Waals surface area contributed by atoms with Crippen molar-refractivity contribution in [1.29, 1.82) is 5.26 Å². The number of benzene rings is 1. The number of pyridine rings is 1. The molecule has 0 bridgehead atoms. The Hall–Kier alpha value is -2.72. The van der Waals surface area contributed by atoms with E-state index in [0.717, 1.165) is 17.8 Å². The third-order valence-corrected chi connectivity index (χ3v) is 3.74. The first-order valence-corrected chi connectivity index (χ1v) is 7.08. The number of ether oxygens (including phenoxy) is 1. The summed E-state index contributed by atoms with van der Waals surface area (Å²) in [4.78, 5) is 4.29. The van der Waals surface area contributed by atoms with Gasteiger partial charge < -0.3 is 15.8 Å². The minimum absolute atomic E-state index is 0.0115. The molecule has 0 amide bonds. The number of para-hydroxylation sites is 1. The summed E-state index contributed by atoms with van der Waals surface area (Å²) in [6, 6.07) is 8.42. The number of nitrogens with zero attached hydrogens (tertiary/aromatic N) is 2. The van der Waals surface area contributed by atoms with Crippen LogP contribution in [0.3, 0.4) is 0 Å². The summed E-state index contributed by atoms with van der Waals surface area (Å²) >= 11 is 0. The molecule has 2 heterocycles. The van der Waals surface area contributed by atoms with Crippen LogP contribution < -0.4 is 15.8 Å². The van der Waals surface area contributed by atoms with Gasteiger partial charge in [0.25, 0.3) is 0 Å². The summed E-state index contributed by atoms with van der Waals surface area (Å²) in [6.07, 6.45) is 0.663. The number of hydrogen-bond acceptors (Lipinski definition) is 5. The first-order valence-electron chi connectivity index (χ1n) is 7.08. The summed E-state index contributed by atoms with van der Waals surface area (Å²) in [5, 5.41) is 12.7. The van der Waals surface area contributed by atoms with E-state index < -0.39 is 6.61 Å². The first kappa shape index (κ1) is 15.2. The summed E-state index contributed by atoms with van der Waals surface area (Å²) in [7, 11) is 0. The Morgan fingerprint density at radius 1 is 1.35 bits per heavy atom. The van der Waals surface area contributed by atoms with Crippen molar-refractivity contribution in [2.45, 2.75) is 19.6 Å². The lowest BCUT2D eigenvalue weighted by Gasteiger charge is -2.22. The summed E-state index contributed by atoms with van der Waals surface area (Å²) in [5.74, 6) is 0.118. The SMILES string of the molecule is N#Cc1c(N)nc2c(c1-c1ccccc1OC(F)F)CNCC2. The van der Waals surface area contributed by atoms with Gasteiger partial charge >= 0.3 is 6.61 Å². The Bertz CT molecular complexity index is 786. The Morgan fingerprint density at radius 3 is 2.87 bits per heavy atom. The molecule has 23 heavy (non-hydrogen) atoms. The van der Waals surface area contributed by atoms with Gasteiger partial charge in [-0.25, -0.2) is 4.98 Å². The molecule has 0 atom stereocenters. The number of rotatable bonds is 3. The molecular formula is C16H14F2N4O. The van der Waals surface area contributed by atoms with Crippen molar-refractivity contribution in [3.05, 3.63) is 41.1 Å². The molecule has 1 aliphatic rings. The van der Waals surface area contributed by atoms with Crippen LogP contribution in [0.1, 0.15) is 16.8 Å². The second kappa shape index (κ2) is 6.18. The zero-order valence-corrected chi connectivity index (χ0v) is 12.1. The summed E-state index contributed by atoms with van der Waals surface area (Å²) < 4.78 is 30.0. The highest BCUT2D eigenvalue weighted by Crippen LogP contribution is 2.38. The van der Waals surface area contributed by atoms with Crippen LogP contribution in [0, 0.1) is 11.3 Å². The molecule has 7 heteroatoms. The van der Waals surface area contributed by atoms with Crippen molar-refractivity contribution < 1.29 is 13.5 Å². The fourth-order valence-electron chi connectivity index (χ4n) is 2.79. The minimum atomic E-state index is -2.95. The quantitative estimate of drug-likeness (QED) is 0.908. The fourth-order valence-corrected chi connectivity index (χ4v) is 2.79. The molecule has 1 aromatic heterocycles. The van der Waals surface area contributed by atoms with Gasteiger partial charge in [0.2, 0.25) is 0 Å². The number of nitrogens with two attached hydrogens (primary N) is 1. The van der Waals surface area contributed by atoms with Crippen molar-refractivity contribution in [2.75, 3.05) is 12.3 Å². The lowest BCUT2D eigenvalue weighted by molar-refractivity contribution is -0.0494. The smallest absolute Gasteiger partial charge is 0.387 e. The summed E-state index contributed by atoms with van der Waals surface area (Å²) in [5.41, 5.74) is 8.59. The van der Waals surface area contributed by atoms with Gasteiger partial charge in [-0.1, -0.05) is 18.2 Å². The van der Waals surface area contributed by atoms with Crippen molar-refractivity contribution in [3.8, 4) is 22.9 Å². The number of alkyl halides is 2. The molecule has 3 N–H and O–H groups in total. The molecule has 0 radical (unpaired) electrons. The molecule has 5 nitrogen and oxygen atoms in total. The number of anilines is 1. The van der Waals surface area contributed by atoms with Crippen LogP contribution in [0.5, 0.6) is 5.75 Å². The fraction of sp³-hybridized carbons (Fsp3) is 0.250. The maximum Gasteiger partial charge on any atom is 0.387 e. The maximum absolute atomic E-state index is 12.7. The minimum Gasteiger partial charge on any atom is -0.434 e. The van der Waals surface area contributed by atoms with Gasteiger partial charge in [-0.3, -0.25) is 0 Å². The van der Waals surface area contributed by atoms with Gasteiger partial charge in [-0.2, -0.15) is 14.0 Å². The molecule has 0 spiro atoms. The lowest BCUT2D eigenvalue weighted by Crippen LogP contribution is -2.26. The van der Waals surface area contributed by atoms with Crippen LogP contribution in [-0.4, -0.2) is 18.1 Å². The Morgan fingerprint density at radius 2 is 2.13 bits per heavy atom. The summed E-state index contributed by atoms with van der Waals surface area (Å²) in [6.45, 7) is -1.70. The molecule has 0 aliphatic carbocycles. The Kier molecular flexibility index (Phi) is 4.08. The van der Waals surface area contributed by atoms with Crippen molar-refractivity contribution in [1.82, 2.24) is 10.3 Å². The van der Waals surface area contributed by atoms with Crippen LogP contribution in [0.25, 0.3) is 11.1 Å². The normalized spacial score (nSPS) is 13.5. The van der Waals surface area contributed by atoms with Crippen LogP contribution in [0.15, 0.2) is 24.3 Å². The highest BCUT2D eigenvalue weighted by atomic mass is 19.3. The van der Waals surface area contributed by atoms with E-state index in [2.05, 4.69) is 15.0 Å². The molecule has 118 valence electrons. The van der Waals surface area contributed by atoms with Crippen molar-refractivity contribution in [3.63, 3.8) is 0 Å². The van der Waals surface area contributed by atoms with E-state index in [-0.39, 0.29) is 17.1 Å². The molecule has 0 fully saturated rings. The zero-order valence-electron chi connectivity index (χ0n) is 12.1. The third-order valence-electron chi connectivity index (χ3n) is 3.74. The van der Waals surface area contributed by atoms with E-state index >= 15 is 0 Å². The van der Waals surface area contributed by atoms with Crippen molar-refractivity contribution >= 4 is 5.82 Å². The predicted molar refractivity (Wildman–Crippen MR) is 80.8 cm³/mol. The molecule has 3 rings (SSSR count). The lowest BCUT2D eigenvalue weighted by atomic mass is 9.91. The van der Waals surface area contributed by atoms with E-state index in [1.165, 1.54) is 6.07 Å². The standard InChI is InChI=1S/C16H14F2N4O/c17-16(18)23-13-4-2-1-3-9(13)14-10(7-19)15(20)22-12-5-6-21-8-11(12)14/h1-4,16,21H,5-6,8H2,(H2,20,22). The van der Waals surface area contributed by atoms with Crippen molar-refractivity contribution in [2.24, 2.45) is 0 Å².